The number of unbranched alkanes of at least 4 members (excludes halogenated alkanes) is 1. The fourth-order valence-electron chi connectivity index (χ4n) is 1.61. The molecule has 21 heavy (non-hydrogen) atoms. The van der Waals surface area contributed by atoms with E-state index in [9.17, 15) is 14.4 Å². The quantitative estimate of drug-likeness (QED) is 0.229. The number of methoxy groups -OCH3 is 1. The van der Waals surface area contributed by atoms with Gasteiger partial charge in [0.25, 0.3) is 5.78 Å². The Bertz CT molecular complexity index is 516. The van der Waals surface area contributed by atoms with Gasteiger partial charge in [0, 0.05) is 12.0 Å². The Morgan fingerprint density at radius 1 is 1.14 bits per heavy atom. The first-order chi connectivity index (χ1) is 10.1. The number of carbonyl (C=O) groups is 3. The molecule has 1 aromatic rings. The Balaban J connectivity index is 2.38. The molecule has 0 N–H and O–H groups in total. The molecule has 0 bridgehead atoms. The molecule has 0 aliphatic carbocycles. The largest absolute Gasteiger partial charge is 0.494 e. The summed E-state index contributed by atoms with van der Waals surface area (Å²) in [4.78, 5) is 33.6. The number of esters is 1. The molecule has 0 aliphatic rings. The number of hydrogen-bond donors (Lipinski definition) is 0. The van der Waals surface area contributed by atoms with E-state index in [0.717, 1.165) is 20.0 Å². The minimum atomic E-state index is -0.893. The first-order valence-corrected chi connectivity index (χ1v) is 6.59. The van der Waals surface area contributed by atoms with Gasteiger partial charge in [-0.25, -0.2) is 4.79 Å². The third kappa shape index (κ3) is 5.60. The molecule has 0 unspecified atom stereocenters. The molecule has 5 heteroatoms. The van der Waals surface area contributed by atoms with E-state index in [2.05, 4.69) is 11.3 Å². The summed E-state index contributed by atoms with van der Waals surface area (Å²) in [7, 11) is 1.16. The summed E-state index contributed by atoms with van der Waals surface area (Å²) in [5, 5.41) is 0. The van der Waals surface area contributed by atoms with E-state index in [1.165, 1.54) is 18.2 Å². The van der Waals surface area contributed by atoms with Gasteiger partial charge < -0.3 is 9.47 Å². The van der Waals surface area contributed by atoms with E-state index < -0.39 is 11.8 Å². The van der Waals surface area contributed by atoms with Crippen LogP contribution in [0.5, 0.6) is 5.75 Å². The highest BCUT2D eigenvalue weighted by Crippen LogP contribution is 2.13. The molecule has 5 nitrogen and oxygen atoms in total. The molecule has 1 rings (SSSR count). The van der Waals surface area contributed by atoms with Gasteiger partial charge in [-0.3, -0.25) is 9.59 Å². The molecule has 0 aliphatic heterocycles. The molecule has 0 fully saturated rings. The van der Waals surface area contributed by atoms with Gasteiger partial charge in [-0.15, -0.1) is 0 Å². The zero-order chi connectivity index (χ0) is 15.7. The third-order valence-corrected chi connectivity index (χ3v) is 2.80. The number of rotatable bonds is 9. The van der Waals surface area contributed by atoms with Gasteiger partial charge in [-0.2, -0.15) is 0 Å². The van der Waals surface area contributed by atoms with Crippen LogP contribution >= 0.6 is 0 Å². The van der Waals surface area contributed by atoms with E-state index in [1.54, 1.807) is 12.1 Å². The van der Waals surface area contributed by atoms with Crippen LogP contribution < -0.4 is 4.74 Å². The van der Waals surface area contributed by atoms with E-state index in [-0.39, 0.29) is 11.3 Å². The Hall–Kier alpha value is -2.43. The van der Waals surface area contributed by atoms with Gasteiger partial charge in [0.1, 0.15) is 5.75 Å². The Kier molecular flexibility index (Phi) is 6.87. The molecule has 0 saturated heterocycles. The fourth-order valence-corrected chi connectivity index (χ4v) is 1.61. The molecule has 0 aromatic heterocycles. The lowest BCUT2D eigenvalue weighted by Crippen LogP contribution is -2.15. The van der Waals surface area contributed by atoms with Gasteiger partial charge in [0.05, 0.1) is 13.7 Å². The summed E-state index contributed by atoms with van der Waals surface area (Å²) >= 11 is 0. The number of allylic oxidation sites excluding steroid dienone is 1. The average Bonchev–Trinajstić information content (AvgIpc) is 2.53. The van der Waals surface area contributed by atoms with Gasteiger partial charge >= 0.3 is 5.97 Å². The van der Waals surface area contributed by atoms with Crippen LogP contribution in [0, 0.1) is 0 Å². The number of hydrogen-bond acceptors (Lipinski definition) is 5. The average molecular weight is 290 g/mol. The maximum absolute atomic E-state index is 11.5. The van der Waals surface area contributed by atoms with Crippen LogP contribution in [0.2, 0.25) is 0 Å². The summed E-state index contributed by atoms with van der Waals surface area (Å²) in [6, 6.07) is 6.25. The van der Waals surface area contributed by atoms with Gasteiger partial charge in [-0.1, -0.05) is 6.58 Å². The van der Waals surface area contributed by atoms with Crippen molar-refractivity contribution in [3.05, 3.63) is 42.5 Å². The molecular weight excluding hydrogens is 272 g/mol. The number of ether oxygens (including phenoxy) is 2. The van der Waals surface area contributed by atoms with Crippen LogP contribution in [0.15, 0.2) is 36.9 Å². The van der Waals surface area contributed by atoms with Crippen molar-refractivity contribution in [2.75, 3.05) is 13.7 Å². The standard InChI is InChI=1S/C16H18O5/c1-3-13(17)6-4-5-11-21-14-9-7-12(8-10-14)15(18)16(19)20-2/h3,7-10H,1,4-6,11H2,2H3. The molecule has 0 amide bonds. The second-order valence-electron chi connectivity index (χ2n) is 4.32. The minimum absolute atomic E-state index is 0.0284. The second kappa shape index (κ2) is 8.68. The van der Waals surface area contributed by atoms with Crippen molar-refractivity contribution in [2.45, 2.75) is 19.3 Å². The minimum Gasteiger partial charge on any atom is -0.494 e. The molecule has 0 radical (unpaired) electrons. The number of Topliss-reactive ketones (excluding diaryl/α,β-unsaturated/α-hetero) is 1. The smallest absolute Gasteiger partial charge is 0.379 e. The highest BCUT2D eigenvalue weighted by Gasteiger charge is 2.16. The van der Waals surface area contributed by atoms with Crippen molar-refractivity contribution < 1.29 is 23.9 Å². The SMILES string of the molecule is C=CC(=O)CCCCOc1ccc(C(=O)C(=O)OC)cc1. The van der Waals surface area contributed by atoms with Crippen molar-refractivity contribution in [2.24, 2.45) is 0 Å². The molecular formula is C16H18O5. The lowest BCUT2D eigenvalue weighted by molar-refractivity contribution is -0.135. The molecule has 0 saturated carbocycles. The van der Waals surface area contributed by atoms with E-state index in [1.807, 2.05) is 0 Å². The van der Waals surface area contributed by atoms with Crippen molar-refractivity contribution in [3.63, 3.8) is 0 Å². The van der Waals surface area contributed by atoms with Gasteiger partial charge in [0.2, 0.25) is 0 Å². The molecule has 112 valence electrons. The number of ketones is 2. The molecule has 1 aromatic carbocycles. The van der Waals surface area contributed by atoms with Gasteiger partial charge in [-0.05, 0) is 43.2 Å². The maximum atomic E-state index is 11.5. The van der Waals surface area contributed by atoms with Gasteiger partial charge in [0.15, 0.2) is 5.78 Å². The zero-order valence-corrected chi connectivity index (χ0v) is 12.0. The normalized spacial score (nSPS) is 9.76. The number of carbonyl (C=O) groups excluding carboxylic acids is 3. The maximum Gasteiger partial charge on any atom is 0.379 e. The second-order valence-corrected chi connectivity index (χ2v) is 4.32. The molecule has 0 heterocycles. The highest BCUT2D eigenvalue weighted by molar-refractivity contribution is 6.40. The Labute approximate surface area is 123 Å². The highest BCUT2D eigenvalue weighted by atomic mass is 16.5. The van der Waals surface area contributed by atoms with Crippen LogP contribution in [-0.4, -0.2) is 31.3 Å². The summed E-state index contributed by atoms with van der Waals surface area (Å²) in [6.45, 7) is 3.89. The third-order valence-electron chi connectivity index (χ3n) is 2.80. The van der Waals surface area contributed by atoms with Crippen molar-refractivity contribution in [3.8, 4) is 5.75 Å². The fraction of sp³-hybridized carbons (Fsp3) is 0.312. The van der Waals surface area contributed by atoms with E-state index >= 15 is 0 Å². The van der Waals surface area contributed by atoms with Crippen LogP contribution in [0.4, 0.5) is 0 Å². The summed E-state index contributed by atoms with van der Waals surface area (Å²) in [5.74, 6) is -0.949. The Morgan fingerprint density at radius 2 is 1.81 bits per heavy atom. The van der Waals surface area contributed by atoms with E-state index in [4.69, 9.17) is 4.74 Å². The van der Waals surface area contributed by atoms with Crippen molar-refractivity contribution >= 4 is 17.5 Å². The van der Waals surface area contributed by atoms with Crippen LogP contribution in [0.1, 0.15) is 29.6 Å². The number of benzene rings is 1. The van der Waals surface area contributed by atoms with Crippen LogP contribution in [0.3, 0.4) is 0 Å². The predicted molar refractivity (Wildman–Crippen MR) is 77.3 cm³/mol. The predicted octanol–water partition coefficient (Wildman–Crippen LogP) is 2.35. The van der Waals surface area contributed by atoms with Crippen molar-refractivity contribution in [1.29, 1.82) is 0 Å². The monoisotopic (exact) mass is 290 g/mol. The topological polar surface area (TPSA) is 69.7 Å². The Morgan fingerprint density at radius 3 is 2.38 bits per heavy atom. The summed E-state index contributed by atoms with van der Waals surface area (Å²) in [5.41, 5.74) is 0.255. The summed E-state index contributed by atoms with van der Waals surface area (Å²) in [6.07, 6.45) is 3.28. The lowest BCUT2D eigenvalue weighted by Gasteiger charge is -2.06. The molecule has 0 atom stereocenters. The van der Waals surface area contributed by atoms with Crippen LogP contribution in [-0.2, 0) is 14.3 Å². The lowest BCUT2D eigenvalue weighted by atomic mass is 10.1. The zero-order valence-electron chi connectivity index (χ0n) is 12.0. The van der Waals surface area contributed by atoms with E-state index in [0.29, 0.717) is 18.8 Å². The first kappa shape index (κ1) is 16.6. The first-order valence-electron chi connectivity index (χ1n) is 6.59. The summed E-state index contributed by atoms with van der Waals surface area (Å²) < 4.78 is 9.84. The molecule has 0 spiro atoms. The van der Waals surface area contributed by atoms with Crippen LogP contribution in [0.25, 0.3) is 0 Å². The van der Waals surface area contributed by atoms with Crippen molar-refractivity contribution in [1.82, 2.24) is 0 Å².